The fraction of sp³-hybridized carbons (Fsp3) is 0.188. The van der Waals surface area contributed by atoms with Gasteiger partial charge in [0.25, 0.3) is 5.56 Å². The molecule has 0 saturated heterocycles. The van der Waals surface area contributed by atoms with Crippen LogP contribution in [0.15, 0.2) is 94.2 Å². The van der Waals surface area contributed by atoms with E-state index in [1.165, 1.54) is 11.3 Å². The molecule has 0 radical (unpaired) electrons. The van der Waals surface area contributed by atoms with E-state index in [0.717, 1.165) is 16.7 Å². The van der Waals surface area contributed by atoms with Gasteiger partial charge in [-0.05, 0) is 55.3 Å². The number of hydrogen-bond acceptors (Lipinski definition) is 8. The number of rotatable bonds is 9. The van der Waals surface area contributed by atoms with Gasteiger partial charge in [0.05, 0.1) is 35.1 Å². The van der Waals surface area contributed by atoms with Crippen molar-refractivity contribution in [1.82, 2.24) is 4.57 Å². The Bertz CT molecular complexity index is 1800. The molecule has 0 unspecified atom stereocenters. The van der Waals surface area contributed by atoms with E-state index >= 15 is 0 Å². The summed E-state index contributed by atoms with van der Waals surface area (Å²) < 4.78 is 18.5. The normalized spacial score (nSPS) is 14.6. The number of nitriles is 1. The highest BCUT2D eigenvalue weighted by atomic mass is 32.1. The van der Waals surface area contributed by atoms with Gasteiger partial charge in [-0.15, -0.1) is 0 Å². The van der Waals surface area contributed by atoms with Crippen molar-refractivity contribution >= 4 is 29.1 Å². The Kier molecular flexibility index (Phi) is 8.42. The lowest BCUT2D eigenvalue weighted by atomic mass is 9.93. The maximum absolute atomic E-state index is 14.0. The van der Waals surface area contributed by atoms with E-state index in [9.17, 15) is 9.59 Å². The van der Waals surface area contributed by atoms with Crippen molar-refractivity contribution in [3.63, 3.8) is 0 Å². The van der Waals surface area contributed by atoms with Crippen molar-refractivity contribution in [1.29, 1.82) is 5.26 Å². The van der Waals surface area contributed by atoms with E-state index in [1.54, 1.807) is 29.7 Å². The molecule has 0 saturated carbocycles. The molecule has 2 heterocycles. The molecule has 0 spiro atoms. The van der Waals surface area contributed by atoms with Crippen molar-refractivity contribution < 1.29 is 19.0 Å². The first-order valence-electron chi connectivity index (χ1n) is 13.1. The summed E-state index contributed by atoms with van der Waals surface area (Å²) in [6, 6.07) is 25.1. The van der Waals surface area contributed by atoms with Crippen molar-refractivity contribution in [2.24, 2.45) is 4.99 Å². The number of hydrogen-bond donors (Lipinski definition) is 0. The largest absolute Gasteiger partial charge is 0.494 e. The number of carbonyl (C=O) groups excluding carboxylic acids is 1. The summed E-state index contributed by atoms with van der Waals surface area (Å²) in [5, 5.41) is 8.74. The molecule has 1 atom stereocenters. The van der Waals surface area contributed by atoms with E-state index in [4.69, 9.17) is 24.5 Å². The first-order valence-corrected chi connectivity index (χ1v) is 14.0. The fourth-order valence-corrected chi connectivity index (χ4v) is 5.60. The molecular formula is C32H27N3O5S. The summed E-state index contributed by atoms with van der Waals surface area (Å²) in [4.78, 5) is 32.8. The van der Waals surface area contributed by atoms with Crippen LogP contribution in [0.2, 0.25) is 0 Å². The average Bonchev–Trinajstić information content (AvgIpc) is 3.31. The molecule has 3 aromatic carbocycles. The van der Waals surface area contributed by atoms with Gasteiger partial charge in [0.2, 0.25) is 0 Å². The summed E-state index contributed by atoms with van der Waals surface area (Å²) in [6.45, 7) is 4.31. The average molecular weight is 566 g/mol. The standard InChI is InChI=1S/C32H27N3O5S/c1-3-38-24-16-12-23(13-17-24)29-27(31(37)39-4-2)28(22-8-6-5-7-9-22)34-32-35(29)30(36)26(41-32)20-21-10-14-25(15-11-21)40-19-18-33/h5-17,20,29H,3-4,19H2,1-2H3/b26-20-/t29-/m1/s1. The SMILES string of the molecule is CCOC(=O)C1=C(c2ccccc2)N=c2s/c(=C\c3ccc(OCC#N)cc3)c(=O)n2[C@@H]1c1ccc(OCC)cc1. The minimum absolute atomic E-state index is 0.0456. The van der Waals surface area contributed by atoms with Gasteiger partial charge >= 0.3 is 5.97 Å². The maximum atomic E-state index is 14.0. The summed E-state index contributed by atoms with van der Waals surface area (Å²) in [5.41, 5.74) is 2.75. The number of aromatic nitrogens is 1. The van der Waals surface area contributed by atoms with E-state index in [2.05, 4.69) is 0 Å². The first kappa shape index (κ1) is 27.6. The van der Waals surface area contributed by atoms with Crippen LogP contribution in [0, 0.1) is 11.3 Å². The molecule has 4 aromatic rings. The van der Waals surface area contributed by atoms with Crippen LogP contribution >= 0.6 is 11.3 Å². The minimum Gasteiger partial charge on any atom is -0.494 e. The Labute approximate surface area is 240 Å². The lowest BCUT2D eigenvalue weighted by Crippen LogP contribution is -2.40. The molecule has 1 aliphatic rings. The van der Waals surface area contributed by atoms with E-state index in [-0.39, 0.29) is 18.8 Å². The van der Waals surface area contributed by atoms with Crippen LogP contribution in [0.1, 0.15) is 36.6 Å². The molecule has 41 heavy (non-hydrogen) atoms. The molecule has 0 amide bonds. The Morgan fingerprint density at radius 2 is 1.66 bits per heavy atom. The second-order valence-corrected chi connectivity index (χ2v) is 9.96. The molecule has 1 aliphatic heterocycles. The highest BCUT2D eigenvalue weighted by molar-refractivity contribution is 7.07. The summed E-state index contributed by atoms with van der Waals surface area (Å²) in [7, 11) is 0. The zero-order chi connectivity index (χ0) is 28.8. The number of carbonyl (C=O) groups is 1. The lowest BCUT2D eigenvalue weighted by Gasteiger charge is -2.26. The summed E-state index contributed by atoms with van der Waals surface area (Å²) in [5.74, 6) is 0.722. The van der Waals surface area contributed by atoms with Crippen molar-refractivity contribution in [2.75, 3.05) is 19.8 Å². The van der Waals surface area contributed by atoms with Crippen LogP contribution in [0.3, 0.4) is 0 Å². The molecule has 1 aromatic heterocycles. The Morgan fingerprint density at radius 3 is 2.32 bits per heavy atom. The second-order valence-electron chi connectivity index (χ2n) is 8.95. The number of benzene rings is 3. The Morgan fingerprint density at radius 1 is 0.976 bits per heavy atom. The van der Waals surface area contributed by atoms with Crippen LogP contribution < -0.4 is 24.4 Å². The summed E-state index contributed by atoms with van der Waals surface area (Å²) >= 11 is 1.25. The van der Waals surface area contributed by atoms with E-state index in [0.29, 0.717) is 38.7 Å². The zero-order valence-corrected chi connectivity index (χ0v) is 23.4. The zero-order valence-electron chi connectivity index (χ0n) is 22.6. The maximum Gasteiger partial charge on any atom is 0.338 e. The third-order valence-corrected chi connectivity index (χ3v) is 7.34. The topological polar surface area (TPSA) is 103 Å². The van der Waals surface area contributed by atoms with Gasteiger partial charge in [0.15, 0.2) is 11.4 Å². The first-order chi connectivity index (χ1) is 20.0. The molecule has 0 aliphatic carbocycles. The van der Waals surface area contributed by atoms with Crippen molar-refractivity contribution in [3.8, 4) is 17.6 Å². The quantitative estimate of drug-likeness (QED) is 0.282. The van der Waals surface area contributed by atoms with Crippen LogP contribution in [0.25, 0.3) is 11.8 Å². The number of fused-ring (bicyclic) bond motifs is 1. The van der Waals surface area contributed by atoms with Crippen molar-refractivity contribution in [3.05, 3.63) is 121 Å². The molecule has 0 N–H and O–H groups in total. The minimum atomic E-state index is -0.764. The molecule has 9 heteroatoms. The molecule has 5 rings (SSSR count). The van der Waals surface area contributed by atoms with Crippen LogP contribution in [-0.2, 0) is 9.53 Å². The van der Waals surface area contributed by atoms with E-state index < -0.39 is 12.0 Å². The summed E-state index contributed by atoms with van der Waals surface area (Å²) in [6.07, 6.45) is 1.78. The third-order valence-electron chi connectivity index (χ3n) is 6.36. The fourth-order valence-electron chi connectivity index (χ4n) is 4.60. The van der Waals surface area contributed by atoms with Crippen LogP contribution in [-0.4, -0.2) is 30.4 Å². The van der Waals surface area contributed by atoms with Gasteiger partial charge in [-0.25, -0.2) is 9.79 Å². The van der Waals surface area contributed by atoms with Gasteiger partial charge in [-0.1, -0.05) is 65.9 Å². The van der Waals surface area contributed by atoms with Gasteiger partial charge in [-0.2, -0.15) is 5.26 Å². The predicted molar refractivity (Wildman–Crippen MR) is 156 cm³/mol. The van der Waals surface area contributed by atoms with E-state index in [1.807, 2.05) is 79.7 Å². The van der Waals surface area contributed by atoms with Gasteiger partial charge in [0.1, 0.15) is 17.6 Å². The number of esters is 1. The predicted octanol–water partition coefficient (Wildman–Crippen LogP) is 4.24. The Hall–Kier alpha value is -4.94. The smallest absolute Gasteiger partial charge is 0.338 e. The molecule has 0 fully saturated rings. The van der Waals surface area contributed by atoms with Crippen molar-refractivity contribution in [2.45, 2.75) is 19.9 Å². The van der Waals surface area contributed by atoms with Gasteiger partial charge in [0, 0.05) is 5.56 Å². The highest BCUT2D eigenvalue weighted by Crippen LogP contribution is 2.35. The number of ether oxygens (including phenoxy) is 3. The molecule has 206 valence electrons. The van der Waals surface area contributed by atoms with Crippen LogP contribution in [0.5, 0.6) is 11.5 Å². The molecular weight excluding hydrogens is 538 g/mol. The highest BCUT2D eigenvalue weighted by Gasteiger charge is 2.35. The third kappa shape index (κ3) is 5.83. The van der Waals surface area contributed by atoms with Gasteiger partial charge in [-0.3, -0.25) is 9.36 Å². The second kappa shape index (κ2) is 12.5. The number of thiazole rings is 1. The monoisotopic (exact) mass is 565 g/mol. The molecule has 8 nitrogen and oxygen atoms in total. The number of nitrogens with zero attached hydrogens (tertiary/aromatic N) is 3. The Balaban J connectivity index is 1.72. The molecule has 0 bridgehead atoms. The lowest BCUT2D eigenvalue weighted by molar-refractivity contribution is -0.138. The van der Waals surface area contributed by atoms with Crippen LogP contribution in [0.4, 0.5) is 0 Å². The van der Waals surface area contributed by atoms with Gasteiger partial charge < -0.3 is 14.2 Å².